The molecule has 1 aliphatic rings. The Bertz CT molecular complexity index is 1170. The number of unbranched alkanes of at least 4 members (excludes halogenated alkanes) is 2. The second-order valence-electron chi connectivity index (χ2n) is 11.8. The Kier molecular flexibility index (Phi) is 15.2. The average Bonchev–Trinajstić information content (AvgIpc) is 3.26. The summed E-state index contributed by atoms with van der Waals surface area (Å²) in [4.78, 5) is 10.9. The first-order valence-corrected chi connectivity index (χ1v) is 16.9. The summed E-state index contributed by atoms with van der Waals surface area (Å²) in [6, 6.07) is 0.185. The summed E-state index contributed by atoms with van der Waals surface area (Å²) >= 11 is 0. The van der Waals surface area contributed by atoms with Crippen molar-refractivity contribution in [2.75, 3.05) is 52.5 Å². The Balaban J connectivity index is 1.86. The number of guanidine groups is 1. The van der Waals surface area contributed by atoms with E-state index in [0.29, 0.717) is 43.7 Å². The van der Waals surface area contributed by atoms with Crippen LogP contribution in [0.15, 0.2) is 4.90 Å². The van der Waals surface area contributed by atoms with Crippen LogP contribution < -0.4 is 30.7 Å². The van der Waals surface area contributed by atoms with Crippen LogP contribution in [-0.4, -0.2) is 89.6 Å². The highest BCUT2D eigenvalue weighted by atomic mass is 32.2. The summed E-state index contributed by atoms with van der Waals surface area (Å²) in [5, 5.41) is 29.8. The molecule has 1 aromatic carbocycles. The van der Waals surface area contributed by atoms with Crippen LogP contribution >= 0.6 is 0 Å². The molecule has 1 atom stereocenters. The van der Waals surface area contributed by atoms with Crippen LogP contribution in [0.25, 0.3) is 0 Å². The van der Waals surface area contributed by atoms with Gasteiger partial charge >= 0.3 is 5.97 Å². The molecular formula is C30H54N6O6S. The van der Waals surface area contributed by atoms with Crippen LogP contribution in [-0.2, 0) is 26.0 Å². The predicted molar refractivity (Wildman–Crippen MR) is 170 cm³/mol. The van der Waals surface area contributed by atoms with Gasteiger partial charge in [-0.15, -0.1) is 0 Å². The number of ether oxygens (including phenoxy) is 2. The van der Waals surface area contributed by atoms with E-state index in [1.165, 1.54) is 0 Å². The number of aliphatic carboxylic acids is 1. The van der Waals surface area contributed by atoms with Crippen LogP contribution in [0, 0.1) is 26.2 Å². The molecule has 2 rings (SSSR count). The minimum absolute atomic E-state index is 0.0652. The van der Waals surface area contributed by atoms with Crippen molar-refractivity contribution in [2.45, 2.75) is 96.6 Å². The summed E-state index contributed by atoms with van der Waals surface area (Å²) in [5.74, 6) is -0.364. The van der Waals surface area contributed by atoms with Crippen LogP contribution in [0.3, 0.4) is 0 Å². The lowest BCUT2D eigenvalue weighted by atomic mass is 9.94. The van der Waals surface area contributed by atoms with Gasteiger partial charge in [0.2, 0.25) is 5.96 Å². The van der Waals surface area contributed by atoms with Gasteiger partial charge in [0, 0.05) is 57.4 Å². The molecule has 0 saturated heterocycles. The Morgan fingerprint density at radius 2 is 1.74 bits per heavy atom. The SMILES string of the molecule is CCOCCCCCNC(CCCNC(=N)NS(=O)(=O)c1c(C)c(C)c2c(c1C)CC(C)(C)O2)CNCCNCC(=O)O. The molecule has 1 aromatic rings. The second-order valence-corrected chi connectivity index (χ2v) is 13.4. The molecule has 0 amide bonds. The van der Waals surface area contributed by atoms with E-state index in [1.54, 1.807) is 6.92 Å². The van der Waals surface area contributed by atoms with Crippen molar-refractivity contribution < 1.29 is 27.8 Å². The number of sulfonamides is 1. The molecule has 246 valence electrons. The lowest BCUT2D eigenvalue weighted by Gasteiger charge is -2.21. The van der Waals surface area contributed by atoms with Crippen LogP contribution in [0.5, 0.6) is 5.75 Å². The first-order chi connectivity index (χ1) is 20.3. The van der Waals surface area contributed by atoms with Gasteiger partial charge in [-0.1, -0.05) is 0 Å². The van der Waals surface area contributed by atoms with E-state index in [2.05, 4.69) is 26.0 Å². The Morgan fingerprint density at radius 3 is 2.44 bits per heavy atom. The monoisotopic (exact) mass is 626 g/mol. The summed E-state index contributed by atoms with van der Waals surface area (Å²) in [7, 11) is -3.97. The van der Waals surface area contributed by atoms with Crippen molar-refractivity contribution in [1.29, 1.82) is 5.41 Å². The molecule has 13 heteroatoms. The fraction of sp³-hybridized carbons (Fsp3) is 0.733. The van der Waals surface area contributed by atoms with Crippen molar-refractivity contribution in [3.8, 4) is 5.75 Å². The normalized spacial score (nSPS) is 14.7. The first-order valence-electron chi connectivity index (χ1n) is 15.4. The number of carboxylic acids is 1. The zero-order valence-electron chi connectivity index (χ0n) is 26.9. The van der Waals surface area contributed by atoms with Gasteiger partial charge in [-0.2, -0.15) is 0 Å². The van der Waals surface area contributed by atoms with E-state index in [9.17, 15) is 13.2 Å². The molecule has 43 heavy (non-hydrogen) atoms. The number of hydrogen-bond acceptors (Lipinski definition) is 9. The highest BCUT2D eigenvalue weighted by molar-refractivity contribution is 7.90. The van der Waals surface area contributed by atoms with Crippen molar-refractivity contribution in [2.24, 2.45) is 0 Å². The number of carboxylic acid groups (broad SMARTS) is 1. The smallest absolute Gasteiger partial charge is 0.317 e. The molecule has 12 nitrogen and oxygen atoms in total. The largest absolute Gasteiger partial charge is 0.487 e. The standard InChI is InChI=1S/C30H54N6O6S/c1-7-41-17-10-8-9-13-34-24(19-32-15-16-33-20-26(37)38)12-11-14-35-29(31)36-43(39,40)28-22(3)21(2)27-25(23(28)4)18-30(5,6)42-27/h24,32-34H,7-20H2,1-6H3,(H,37,38)(H3,31,35,36). The fourth-order valence-electron chi connectivity index (χ4n) is 5.31. The third-order valence-electron chi connectivity index (χ3n) is 7.58. The summed E-state index contributed by atoms with van der Waals surface area (Å²) in [6.45, 7) is 16.1. The van der Waals surface area contributed by atoms with Crippen LogP contribution in [0.2, 0.25) is 0 Å². The molecule has 1 unspecified atom stereocenters. The van der Waals surface area contributed by atoms with Gasteiger partial charge in [-0.3, -0.25) is 10.2 Å². The highest BCUT2D eigenvalue weighted by Gasteiger charge is 2.36. The van der Waals surface area contributed by atoms with Gasteiger partial charge in [0.15, 0.2) is 0 Å². The fourth-order valence-corrected chi connectivity index (χ4v) is 6.84. The first kappa shape index (κ1) is 36.7. The third kappa shape index (κ3) is 12.2. The zero-order valence-corrected chi connectivity index (χ0v) is 27.7. The van der Waals surface area contributed by atoms with Crippen molar-refractivity contribution in [1.82, 2.24) is 26.0 Å². The topological polar surface area (TPSA) is 174 Å². The van der Waals surface area contributed by atoms with E-state index in [4.69, 9.17) is 20.0 Å². The van der Waals surface area contributed by atoms with Gasteiger partial charge in [0.1, 0.15) is 11.4 Å². The number of nitrogens with one attached hydrogen (secondary N) is 6. The van der Waals surface area contributed by atoms with E-state index < -0.39 is 21.6 Å². The molecule has 0 aliphatic carbocycles. The average molecular weight is 627 g/mol. The summed E-state index contributed by atoms with van der Waals surface area (Å²) in [6.07, 6.45) is 5.33. The van der Waals surface area contributed by atoms with E-state index in [1.807, 2.05) is 34.6 Å². The third-order valence-corrected chi connectivity index (χ3v) is 9.20. The number of benzene rings is 1. The molecule has 0 aromatic heterocycles. The molecule has 1 heterocycles. The molecule has 0 fully saturated rings. The Morgan fingerprint density at radius 1 is 1.02 bits per heavy atom. The van der Waals surface area contributed by atoms with E-state index in [0.717, 1.165) is 68.7 Å². The van der Waals surface area contributed by atoms with E-state index in [-0.39, 0.29) is 23.4 Å². The lowest BCUT2D eigenvalue weighted by Crippen LogP contribution is -2.43. The number of rotatable bonds is 21. The number of fused-ring (bicyclic) bond motifs is 1. The molecule has 0 saturated carbocycles. The molecule has 7 N–H and O–H groups in total. The van der Waals surface area contributed by atoms with Crippen molar-refractivity contribution in [3.05, 3.63) is 22.3 Å². The number of carbonyl (C=O) groups is 1. The highest BCUT2D eigenvalue weighted by Crippen LogP contribution is 2.43. The summed E-state index contributed by atoms with van der Waals surface area (Å²) < 4.78 is 40.7. The van der Waals surface area contributed by atoms with Crippen molar-refractivity contribution in [3.63, 3.8) is 0 Å². The van der Waals surface area contributed by atoms with Gasteiger partial charge in [-0.05, 0) is 96.9 Å². The van der Waals surface area contributed by atoms with Crippen molar-refractivity contribution >= 4 is 22.0 Å². The number of hydrogen-bond donors (Lipinski definition) is 7. The molecule has 0 spiro atoms. The Hall–Kier alpha value is -2.45. The van der Waals surface area contributed by atoms with Crippen LogP contribution in [0.4, 0.5) is 0 Å². The molecule has 0 bridgehead atoms. The molecule has 1 aliphatic heterocycles. The minimum Gasteiger partial charge on any atom is -0.487 e. The Labute approximate surface area is 258 Å². The van der Waals surface area contributed by atoms with Gasteiger partial charge in [0.05, 0.1) is 11.4 Å². The maximum Gasteiger partial charge on any atom is 0.317 e. The zero-order chi connectivity index (χ0) is 32.0. The molecular weight excluding hydrogens is 572 g/mol. The van der Waals surface area contributed by atoms with E-state index >= 15 is 0 Å². The molecule has 0 radical (unpaired) electrons. The maximum absolute atomic E-state index is 13.4. The minimum atomic E-state index is -3.97. The van der Waals surface area contributed by atoms with Gasteiger partial charge < -0.3 is 35.8 Å². The quantitative estimate of drug-likeness (QED) is 0.0610. The van der Waals surface area contributed by atoms with Gasteiger partial charge in [0.25, 0.3) is 10.0 Å². The second kappa shape index (κ2) is 17.7. The predicted octanol–water partition coefficient (Wildman–Crippen LogP) is 2.34. The maximum atomic E-state index is 13.4. The van der Waals surface area contributed by atoms with Crippen LogP contribution in [0.1, 0.15) is 75.1 Å². The van der Waals surface area contributed by atoms with Gasteiger partial charge in [-0.25, -0.2) is 13.1 Å². The summed E-state index contributed by atoms with van der Waals surface area (Å²) in [5.41, 5.74) is 2.63. The lowest BCUT2D eigenvalue weighted by molar-refractivity contribution is -0.135.